The highest BCUT2D eigenvalue weighted by Crippen LogP contribution is 2.44. The van der Waals surface area contributed by atoms with E-state index in [2.05, 4.69) is 6.08 Å². The summed E-state index contributed by atoms with van der Waals surface area (Å²) in [6.07, 6.45) is 6.82. The van der Waals surface area contributed by atoms with Crippen molar-refractivity contribution in [2.45, 2.75) is 25.2 Å². The van der Waals surface area contributed by atoms with Crippen LogP contribution < -0.4 is 0 Å². The average molecular weight is 322 g/mol. The van der Waals surface area contributed by atoms with Crippen molar-refractivity contribution >= 4 is 28.9 Å². The third-order valence-electron chi connectivity index (χ3n) is 4.36. The van der Waals surface area contributed by atoms with Crippen LogP contribution >= 0.6 is 23.2 Å². The molecule has 2 aliphatic carbocycles. The Kier molecular flexibility index (Phi) is 4.10. The van der Waals surface area contributed by atoms with Crippen LogP contribution in [0.15, 0.2) is 41.7 Å². The second-order valence-corrected chi connectivity index (χ2v) is 6.43. The number of rotatable bonds is 2. The Bertz CT molecular complexity index is 648. The monoisotopic (exact) mass is 321 g/mol. The Morgan fingerprint density at radius 1 is 1.14 bits per heavy atom. The molecule has 0 saturated heterocycles. The average Bonchev–Trinajstić information content (AvgIpc) is 2.48. The zero-order chi connectivity index (χ0) is 15.0. The molecule has 0 saturated carbocycles. The first-order chi connectivity index (χ1) is 10.1. The standard InChI is InChI=1S/C17H17Cl2NO/c1-21-13-3-4-14-11(7-13)6-12(20)9-15(14)10-2-5-16(18)17(19)8-10/h2,5-8,14-15,20H,3-4,9H2,1H3. The van der Waals surface area contributed by atoms with Gasteiger partial charge in [0.05, 0.1) is 22.9 Å². The fourth-order valence-electron chi connectivity index (χ4n) is 3.31. The van der Waals surface area contributed by atoms with Gasteiger partial charge in [-0.3, -0.25) is 0 Å². The third kappa shape index (κ3) is 2.88. The van der Waals surface area contributed by atoms with E-state index in [1.807, 2.05) is 24.3 Å². The van der Waals surface area contributed by atoms with Crippen LogP contribution in [0, 0.1) is 11.3 Å². The molecule has 2 atom stereocenters. The number of allylic oxidation sites excluding steroid dienone is 4. The highest BCUT2D eigenvalue weighted by Gasteiger charge is 2.33. The lowest BCUT2D eigenvalue weighted by Crippen LogP contribution is -2.25. The minimum absolute atomic E-state index is 0.293. The maximum absolute atomic E-state index is 8.10. The Balaban J connectivity index is 1.97. The summed E-state index contributed by atoms with van der Waals surface area (Å²) in [6, 6.07) is 5.82. The highest BCUT2D eigenvalue weighted by molar-refractivity contribution is 6.42. The van der Waals surface area contributed by atoms with Crippen LogP contribution in [0.1, 0.15) is 30.7 Å². The predicted octanol–water partition coefficient (Wildman–Crippen LogP) is 5.37. The van der Waals surface area contributed by atoms with Gasteiger partial charge in [-0.25, -0.2) is 0 Å². The summed E-state index contributed by atoms with van der Waals surface area (Å²) in [6.45, 7) is 0. The Labute approximate surface area is 134 Å². The lowest BCUT2D eigenvalue weighted by molar-refractivity contribution is 0.258. The van der Waals surface area contributed by atoms with Crippen LogP contribution in [-0.2, 0) is 4.74 Å². The molecule has 4 heteroatoms. The zero-order valence-electron chi connectivity index (χ0n) is 11.8. The van der Waals surface area contributed by atoms with E-state index in [-0.39, 0.29) is 0 Å². The molecule has 110 valence electrons. The first kappa shape index (κ1) is 14.7. The summed E-state index contributed by atoms with van der Waals surface area (Å²) in [5.41, 5.74) is 3.02. The normalized spacial score (nSPS) is 25.0. The topological polar surface area (TPSA) is 33.1 Å². The number of hydrogen-bond acceptors (Lipinski definition) is 2. The van der Waals surface area contributed by atoms with Gasteiger partial charge in [0.2, 0.25) is 0 Å². The summed E-state index contributed by atoms with van der Waals surface area (Å²) in [5.74, 6) is 1.72. The molecular formula is C17H17Cl2NO. The van der Waals surface area contributed by atoms with E-state index in [4.69, 9.17) is 33.3 Å². The number of benzene rings is 1. The molecule has 0 spiro atoms. The summed E-state index contributed by atoms with van der Waals surface area (Å²) in [5, 5.41) is 9.26. The minimum atomic E-state index is 0.293. The molecule has 2 nitrogen and oxygen atoms in total. The molecule has 1 N–H and O–H groups in total. The molecule has 2 unspecified atom stereocenters. The molecule has 0 heterocycles. The van der Waals surface area contributed by atoms with Crippen molar-refractivity contribution in [3.8, 4) is 0 Å². The van der Waals surface area contributed by atoms with Crippen molar-refractivity contribution in [3.05, 3.63) is 57.3 Å². The molecule has 21 heavy (non-hydrogen) atoms. The van der Waals surface area contributed by atoms with Crippen LogP contribution in [-0.4, -0.2) is 12.8 Å². The van der Waals surface area contributed by atoms with E-state index < -0.39 is 0 Å². The number of fused-ring (bicyclic) bond motifs is 1. The van der Waals surface area contributed by atoms with Gasteiger partial charge in [-0.05, 0) is 60.1 Å². The van der Waals surface area contributed by atoms with Crippen molar-refractivity contribution in [2.24, 2.45) is 5.92 Å². The predicted molar refractivity (Wildman–Crippen MR) is 87.4 cm³/mol. The molecular weight excluding hydrogens is 305 g/mol. The van der Waals surface area contributed by atoms with Gasteiger partial charge in [0.1, 0.15) is 0 Å². The van der Waals surface area contributed by atoms with E-state index in [1.54, 1.807) is 7.11 Å². The van der Waals surface area contributed by atoms with Crippen LogP contribution in [0.4, 0.5) is 0 Å². The van der Waals surface area contributed by atoms with Gasteiger partial charge in [0.15, 0.2) is 0 Å². The number of ether oxygens (including phenoxy) is 1. The van der Waals surface area contributed by atoms with Gasteiger partial charge in [0, 0.05) is 12.1 Å². The molecule has 0 fully saturated rings. The molecule has 1 aromatic carbocycles. The first-order valence-electron chi connectivity index (χ1n) is 7.07. The Morgan fingerprint density at radius 2 is 1.95 bits per heavy atom. The van der Waals surface area contributed by atoms with Crippen LogP contribution in [0.3, 0.4) is 0 Å². The lowest BCUT2D eigenvalue weighted by atomic mass is 9.70. The van der Waals surface area contributed by atoms with Crippen molar-refractivity contribution in [2.75, 3.05) is 7.11 Å². The maximum atomic E-state index is 8.10. The fraction of sp³-hybridized carbons (Fsp3) is 0.353. The van der Waals surface area contributed by atoms with Gasteiger partial charge >= 0.3 is 0 Å². The quantitative estimate of drug-likeness (QED) is 0.780. The second kappa shape index (κ2) is 5.86. The first-order valence-corrected chi connectivity index (χ1v) is 7.82. The Morgan fingerprint density at radius 3 is 2.67 bits per heavy atom. The molecule has 2 aliphatic rings. The van der Waals surface area contributed by atoms with Gasteiger partial charge in [0.25, 0.3) is 0 Å². The second-order valence-electron chi connectivity index (χ2n) is 5.61. The number of halogens is 2. The van der Waals surface area contributed by atoms with Crippen LogP contribution in [0.2, 0.25) is 10.0 Å². The molecule has 0 radical (unpaired) electrons. The Hall–Kier alpha value is -1.25. The fourth-order valence-corrected chi connectivity index (χ4v) is 3.61. The SMILES string of the molecule is COC1=CC2=CC(=N)CC(c3ccc(Cl)c(Cl)c3)C2CC1. The van der Waals surface area contributed by atoms with Crippen molar-refractivity contribution in [1.29, 1.82) is 5.41 Å². The van der Waals surface area contributed by atoms with Crippen LogP contribution in [0.25, 0.3) is 0 Å². The summed E-state index contributed by atoms with van der Waals surface area (Å²) < 4.78 is 5.36. The molecule has 0 amide bonds. The number of nitrogens with one attached hydrogen (secondary N) is 1. The zero-order valence-corrected chi connectivity index (χ0v) is 13.3. The van der Waals surface area contributed by atoms with Crippen LogP contribution in [0.5, 0.6) is 0 Å². The summed E-state index contributed by atoms with van der Waals surface area (Å²) in [4.78, 5) is 0. The smallest absolute Gasteiger partial charge is 0.0958 e. The number of methoxy groups -OCH3 is 1. The maximum Gasteiger partial charge on any atom is 0.0958 e. The molecule has 1 aromatic rings. The molecule has 0 aliphatic heterocycles. The van der Waals surface area contributed by atoms with Gasteiger partial charge < -0.3 is 10.1 Å². The largest absolute Gasteiger partial charge is 0.501 e. The lowest BCUT2D eigenvalue weighted by Gasteiger charge is -2.35. The van der Waals surface area contributed by atoms with Crippen molar-refractivity contribution < 1.29 is 4.74 Å². The molecule has 0 bridgehead atoms. The number of hydrogen-bond donors (Lipinski definition) is 1. The van der Waals surface area contributed by atoms with E-state index >= 15 is 0 Å². The molecule has 0 aromatic heterocycles. The van der Waals surface area contributed by atoms with E-state index in [0.717, 1.165) is 25.0 Å². The summed E-state index contributed by atoms with van der Waals surface area (Å²) in [7, 11) is 1.71. The minimum Gasteiger partial charge on any atom is -0.501 e. The third-order valence-corrected chi connectivity index (χ3v) is 5.10. The van der Waals surface area contributed by atoms with Gasteiger partial charge in [-0.15, -0.1) is 0 Å². The molecule has 3 rings (SSSR count). The van der Waals surface area contributed by atoms with E-state index in [1.165, 1.54) is 11.1 Å². The van der Waals surface area contributed by atoms with Crippen molar-refractivity contribution in [1.82, 2.24) is 0 Å². The summed E-state index contributed by atoms with van der Waals surface area (Å²) >= 11 is 12.2. The van der Waals surface area contributed by atoms with E-state index in [0.29, 0.717) is 27.6 Å². The van der Waals surface area contributed by atoms with Crippen molar-refractivity contribution in [3.63, 3.8) is 0 Å². The van der Waals surface area contributed by atoms with Gasteiger partial charge in [-0.2, -0.15) is 0 Å². The highest BCUT2D eigenvalue weighted by atomic mass is 35.5. The van der Waals surface area contributed by atoms with E-state index in [9.17, 15) is 0 Å². The van der Waals surface area contributed by atoms with Gasteiger partial charge in [-0.1, -0.05) is 29.3 Å².